The van der Waals surface area contributed by atoms with Crippen LogP contribution >= 0.6 is 0 Å². The molecule has 1 saturated heterocycles. The minimum atomic E-state index is -0.445. The van der Waals surface area contributed by atoms with E-state index < -0.39 is 6.04 Å². The number of likely N-dealkylation sites (tertiary alicyclic amines) is 1. The molecule has 1 heterocycles. The van der Waals surface area contributed by atoms with Crippen molar-refractivity contribution >= 4 is 11.8 Å². The number of rotatable bonds is 7. The quantitative estimate of drug-likeness (QED) is 0.619. The topological polar surface area (TPSA) is 49.4 Å². The van der Waals surface area contributed by atoms with Gasteiger partial charge in [-0.2, -0.15) is 0 Å². The van der Waals surface area contributed by atoms with Crippen LogP contribution in [0.2, 0.25) is 0 Å². The summed E-state index contributed by atoms with van der Waals surface area (Å²) < 4.78 is 0. The lowest BCUT2D eigenvalue weighted by Gasteiger charge is -2.23. The zero-order valence-corrected chi connectivity index (χ0v) is 17.8. The lowest BCUT2D eigenvalue weighted by Crippen LogP contribution is -2.41. The van der Waals surface area contributed by atoms with Crippen molar-refractivity contribution < 1.29 is 9.59 Å². The first kappa shape index (κ1) is 20.9. The molecule has 31 heavy (non-hydrogen) atoms. The molecule has 2 amide bonds. The molecule has 0 radical (unpaired) electrons. The zero-order valence-electron chi connectivity index (χ0n) is 17.8. The number of carbonyl (C=O) groups is 2. The summed E-state index contributed by atoms with van der Waals surface area (Å²) in [5, 5.41) is 2.92. The van der Waals surface area contributed by atoms with Gasteiger partial charge in [-0.25, -0.2) is 0 Å². The maximum absolute atomic E-state index is 12.9. The first-order valence-corrected chi connectivity index (χ1v) is 10.9. The molecule has 0 aromatic heterocycles. The molecular weight excluding hydrogens is 384 g/mol. The van der Waals surface area contributed by atoms with Crippen molar-refractivity contribution in [2.24, 2.45) is 0 Å². The highest BCUT2D eigenvalue weighted by Gasteiger charge is 2.33. The summed E-state index contributed by atoms with van der Waals surface area (Å²) in [5.41, 5.74) is 4.13. The van der Waals surface area contributed by atoms with Gasteiger partial charge in [0.25, 0.3) is 5.91 Å². The Morgan fingerprint density at radius 1 is 0.968 bits per heavy atom. The molecule has 1 aliphatic heterocycles. The Balaban J connectivity index is 1.40. The first-order chi connectivity index (χ1) is 15.1. The van der Waals surface area contributed by atoms with Gasteiger partial charge in [0.1, 0.15) is 6.04 Å². The highest BCUT2D eigenvalue weighted by molar-refractivity contribution is 5.98. The largest absolute Gasteiger partial charge is 0.341 e. The number of benzene rings is 3. The minimum Gasteiger partial charge on any atom is -0.341 e. The average Bonchev–Trinajstić information content (AvgIpc) is 3.14. The SMILES string of the molecule is Cc1cccc(C(=O)NC2CCN(CCC(c3ccccc3)c3ccccc3)C2=O)c1. The van der Waals surface area contributed by atoms with Crippen LogP contribution < -0.4 is 5.32 Å². The number of carbonyl (C=O) groups excluding carboxylic acids is 2. The Labute approximate surface area is 183 Å². The summed E-state index contributed by atoms with van der Waals surface area (Å²) in [4.78, 5) is 27.4. The van der Waals surface area contributed by atoms with Crippen LogP contribution in [0.15, 0.2) is 84.9 Å². The Morgan fingerprint density at radius 2 is 1.61 bits per heavy atom. The van der Waals surface area contributed by atoms with Gasteiger partial charge in [-0.15, -0.1) is 0 Å². The summed E-state index contributed by atoms with van der Waals surface area (Å²) in [6.07, 6.45) is 1.50. The molecule has 0 bridgehead atoms. The first-order valence-electron chi connectivity index (χ1n) is 10.9. The molecule has 3 aromatic carbocycles. The molecule has 0 saturated carbocycles. The lowest BCUT2D eigenvalue weighted by molar-refractivity contribution is -0.129. The van der Waals surface area contributed by atoms with Crippen LogP contribution in [0.25, 0.3) is 0 Å². The number of nitrogens with zero attached hydrogens (tertiary/aromatic N) is 1. The number of hydrogen-bond acceptors (Lipinski definition) is 2. The Kier molecular flexibility index (Phi) is 6.46. The zero-order chi connectivity index (χ0) is 21.6. The summed E-state index contributed by atoms with van der Waals surface area (Å²) in [5.74, 6) is 0.0624. The van der Waals surface area contributed by atoms with Crippen molar-refractivity contribution in [2.75, 3.05) is 13.1 Å². The molecule has 158 valence electrons. The van der Waals surface area contributed by atoms with Gasteiger partial charge < -0.3 is 10.2 Å². The Hall–Kier alpha value is -3.40. The van der Waals surface area contributed by atoms with E-state index in [1.807, 2.05) is 42.2 Å². The third-order valence-electron chi connectivity index (χ3n) is 5.97. The van der Waals surface area contributed by atoms with E-state index in [9.17, 15) is 9.59 Å². The average molecular weight is 413 g/mol. The second-order valence-electron chi connectivity index (χ2n) is 8.17. The van der Waals surface area contributed by atoms with Crippen LogP contribution in [-0.2, 0) is 4.79 Å². The predicted octanol–water partition coefficient (Wildman–Crippen LogP) is 4.55. The van der Waals surface area contributed by atoms with E-state index in [4.69, 9.17) is 0 Å². The van der Waals surface area contributed by atoms with Crippen molar-refractivity contribution in [1.82, 2.24) is 10.2 Å². The maximum Gasteiger partial charge on any atom is 0.251 e. The molecule has 1 N–H and O–H groups in total. The van der Waals surface area contributed by atoms with Crippen molar-refractivity contribution in [3.8, 4) is 0 Å². The van der Waals surface area contributed by atoms with Gasteiger partial charge in [-0.05, 0) is 43.0 Å². The van der Waals surface area contributed by atoms with Crippen LogP contribution in [0.3, 0.4) is 0 Å². The molecule has 1 atom stereocenters. The molecule has 0 spiro atoms. The van der Waals surface area contributed by atoms with Gasteiger partial charge >= 0.3 is 0 Å². The summed E-state index contributed by atoms with van der Waals surface area (Å²) in [6, 6.07) is 27.9. The molecule has 4 nitrogen and oxygen atoms in total. The second-order valence-corrected chi connectivity index (χ2v) is 8.17. The number of nitrogens with one attached hydrogen (secondary N) is 1. The van der Waals surface area contributed by atoms with Crippen molar-refractivity contribution in [1.29, 1.82) is 0 Å². The minimum absolute atomic E-state index is 0.0147. The number of hydrogen-bond donors (Lipinski definition) is 1. The predicted molar refractivity (Wildman–Crippen MR) is 123 cm³/mol. The molecule has 4 heteroatoms. The summed E-state index contributed by atoms with van der Waals surface area (Å²) in [6.45, 7) is 3.30. The van der Waals surface area contributed by atoms with E-state index in [2.05, 4.69) is 53.8 Å². The molecular formula is C27H28N2O2. The van der Waals surface area contributed by atoms with Gasteiger partial charge in [0.15, 0.2) is 0 Å². The molecule has 1 unspecified atom stereocenters. The lowest BCUT2D eigenvalue weighted by atomic mass is 9.88. The smallest absolute Gasteiger partial charge is 0.251 e. The van der Waals surface area contributed by atoms with Crippen LogP contribution in [0.4, 0.5) is 0 Å². The van der Waals surface area contributed by atoms with Gasteiger partial charge in [-0.1, -0.05) is 78.4 Å². The third kappa shape index (κ3) is 5.02. The second kappa shape index (κ2) is 9.61. The molecule has 4 rings (SSSR count). The van der Waals surface area contributed by atoms with Crippen LogP contribution in [0.1, 0.15) is 45.8 Å². The summed E-state index contributed by atoms with van der Waals surface area (Å²) >= 11 is 0. The van der Waals surface area contributed by atoms with E-state index >= 15 is 0 Å². The van der Waals surface area contributed by atoms with Gasteiger partial charge in [0.2, 0.25) is 5.91 Å². The van der Waals surface area contributed by atoms with Crippen molar-refractivity contribution in [3.63, 3.8) is 0 Å². The fourth-order valence-electron chi connectivity index (χ4n) is 4.30. The monoisotopic (exact) mass is 412 g/mol. The maximum atomic E-state index is 12.9. The fourth-order valence-corrected chi connectivity index (χ4v) is 4.30. The highest BCUT2D eigenvalue weighted by Crippen LogP contribution is 2.28. The van der Waals surface area contributed by atoms with Gasteiger partial charge in [-0.3, -0.25) is 9.59 Å². The van der Waals surface area contributed by atoms with E-state index in [1.54, 1.807) is 6.07 Å². The van der Waals surface area contributed by atoms with Gasteiger partial charge in [0, 0.05) is 24.6 Å². The molecule has 0 aliphatic carbocycles. The Bertz CT molecular complexity index is 994. The molecule has 1 fully saturated rings. The number of amides is 2. The van der Waals surface area contributed by atoms with Gasteiger partial charge in [0.05, 0.1) is 0 Å². The third-order valence-corrected chi connectivity index (χ3v) is 5.97. The number of aryl methyl sites for hydroxylation is 1. The fraction of sp³-hybridized carbons (Fsp3) is 0.259. The molecule has 3 aromatic rings. The van der Waals surface area contributed by atoms with E-state index in [1.165, 1.54) is 11.1 Å². The summed E-state index contributed by atoms with van der Waals surface area (Å²) in [7, 11) is 0. The van der Waals surface area contributed by atoms with Crippen LogP contribution in [-0.4, -0.2) is 35.8 Å². The molecule has 1 aliphatic rings. The Morgan fingerprint density at radius 3 is 2.23 bits per heavy atom. The normalized spacial score (nSPS) is 16.0. The van der Waals surface area contributed by atoms with Crippen LogP contribution in [0.5, 0.6) is 0 Å². The van der Waals surface area contributed by atoms with Crippen molar-refractivity contribution in [2.45, 2.75) is 31.7 Å². The highest BCUT2D eigenvalue weighted by atomic mass is 16.2. The van der Waals surface area contributed by atoms with E-state index in [0.29, 0.717) is 25.1 Å². The van der Waals surface area contributed by atoms with Crippen molar-refractivity contribution in [3.05, 3.63) is 107 Å². The standard InChI is InChI=1S/C27H28N2O2/c1-20-9-8-14-23(19-20)26(30)28-25-16-18-29(27(25)31)17-15-24(21-10-4-2-5-11-21)22-12-6-3-7-13-22/h2-14,19,24-25H,15-18H2,1H3,(H,28,30). The van der Waals surface area contributed by atoms with E-state index in [-0.39, 0.29) is 17.7 Å². The van der Waals surface area contributed by atoms with E-state index in [0.717, 1.165) is 12.0 Å². The van der Waals surface area contributed by atoms with Crippen LogP contribution in [0, 0.1) is 6.92 Å².